The van der Waals surface area contributed by atoms with Crippen LogP contribution in [0.2, 0.25) is 0 Å². The second kappa shape index (κ2) is 7.51. The smallest absolute Gasteiger partial charge is 0.408 e. The highest BCUT2D eigenvalue weighted by molar-refractivity contribution is 9.10. The van der Waals surface area contributed by atoms with Crippen molar-refractivity contribution in [2.45, 2.75) is 26.0 Å². The zero-order valence-electron chi connectivity index (χ0n) is 13.4. The molecular weight excluding hydrogens is 358 g/mol. The lowest BCUT2D eigenvalue weighted by molar-refractivity contribution is 0.129. The van der Waals surface area contributed by atoms with Crippen LogP contribution >= 0.6 is 15.9 Å². The lowest BCUT2D eigenvalue weighted by Gasteiger charge is -2.27. The molecule has 1 amide bonds. The predicted molar refractivity (Wildman–Crippen MR) is 93.5 cm³/mol. The Morgan fingerprint density at radius 1 is 1.17 bits per heavy atom. The fraction of sp³-hybridized carbons (Fsp3) is 0.278. The Hall–Kier alpha value is -2.01. The third kappa shape index (κ3) is 4.73. The second-order valence-electron chi connectivity index (χ2n) is 5.66. The Morgan fingerprint density at radius 3 is 2.52 bits per heavy atom. The Bertz CT molecular complexity index is 671. The molecular formula is C18H20BrNO3. The van der Waals surface area contributed by atoms with Gasteiger partial charge in [-0.15, -0.1) is 0 Å². The van der Waals surface area contributed by atoms with Crippen molar-refractivity contribution in [2.75, 3.05) is 7.11 Å². The number of alkyl carbamates (subject to hydrolysis) is 1. The molecule has 0 atom stereocenters. The maximum atomic E-state index is 12.1. The van der Waals surface area contributed by atoms with Gasteiger partial charge in [-0.1, -0.05) is 36.4 Å². The maximum absolute atomic E-state index is 12.1. The summed E-state index contributed by atoms with van der Waals surface area (Å²) in [5.41, 5.74) is 1.29. The molecule has 0 aliphatic heterocycles. The van der Waals surface area contributed by atoms with Crippen molar-refractivity contribution in [3.05, 3.63) is 64.1 Å². The summed E-state index contributed by atoms with van der Waals surface area (Å²) < 4.78 is 11.4. The molecule has 5 heteroatoms. The summed E-state index contributed by atoms with van der Waals surface area (Å²) in [5, 5.41) is 2.88. The third-order valence-corrected chi connectivity index (χ3v) is 4.16. The lowest BCUT2D eigenvalue weighted by atomic mass is 9.94. The molecule has 0 radical (unpaired) electrons. The van der Waals surface area contributed by atoms with Crippen LogP contribution in [0, 0.1) is 0 Å². The van der Waals surface area contributed by atoms with Crippen molar-refractivity contribution in [3.63, 3.8) is 0 Å². The van der Waals surface area contributed by atoms with E-state index < -0.39 is 11.6 Å². The largest absolute Gasteiger partial charge is 0.496 e. The third-order valence-electron chi connectivity index (χ3n) is 3.50. The van der Waals surface area contributed by atoms with Gasteiger partial charge in [-0.3, -0.25) is 0 Å². The summed E-state index contributed by atoms with van der Waals surface area (Å²) in [6.45, 7) is 4.07. The van der Waals surface area contributed by atoms with E-state index >= 15 is 0 Å². The summed E-state index contributed by atoms with van der Waals surface area (Å²) in [6.07, 6.45) is -0.458. The van der Waals surface area contributed by atoms with E-state index in [4.69, 9.17) is 9.47 Å². The Balaban J connectivity index is 2.01. The van der Waals surface area contributed by atoms with E-state index in [0.717, 1.165) is 21.3 Å². The molecule has 0 saturated heterocycles. The van der Waals surface area contributed by atoms with Crippen LogP contribution in [0.5, 0.6) is 5.75 Å². The van der Waals surface area contributed by atoms with Crippen LogP contribution in [0.4, 0.5) is 4.79 Å². The summed E-state index contributed by atoms with van der Waals surface area (Å²) in [6, 6.07) is 15.3. The number of hydrogen-bond acceptors (Lipinski definition) is 3. The number of amides is 1. The Labute approximate surface area is 144 Å². The Morgan fingerprint density at radius 2 is 1.87 bits per heavy atom. The van der Waals surface area contributed by atoms with Gasteiger partial charge >= 0.3 is 6.09 Å². The minimum absolute atomic E-state index is 0.242. The molecule has 0 bridgehead atoms. The molecule has 1 N–H and O–H groups in total. The summed E-state index contributed by atoms with van der Waals surface area (Å²) in [4.78, 5) is 12.1. The first-order valence-electron chi connectivity index (χ1n) is 7.25. The van der Waals surface area contributed by atoms with Gasteiger partial charge in [-0.25, -0.2) is 4.79 Å². The predicted octanol–water partition coefficient (Wildman–Crippen LogP) is 4.62. The van der Waals surface area contributed by atoms with Crippen LogP contribution < -0.4 is 10.1 Å². The molecule has 2 aromatic carbocycles. The van der Waals surface area contributed by atoms with E-state index in [2.05, 4.69) is 21.2 Å². The standard InChI is InChI=1S/C18H20BrNO3/c1-18(2,14-9-10-15(19)16(11-14)22-3)20-17(21)23-12-13-7-5-4-6-8-13/h4-11H,12H2,1-3H3,(H,20,21). The fourth-order valence-corrected chi connectivity index (χ4v) is 2.54. The number of methoxy groups -OCH3 is 1. The van der Waals surface area contributed by atoms with Crippen molar-refractivity contribution in [1.29, 1.82) is 0 Å². The van der Waals surface area contributed by atoms with Gasteiger partial charge in [0, 0.05) is 0 Å². The summed E-state index contributed by atoms with van der Waals surface area (Å²) in [7, 11) is 1.61. The molecule has 0 aliphatic carbocycles. The highest BCUT2D eigenvalue weighted by atomic mass is 79.9. The zero-order valence-corrected chi connectivity index (χ0v) is 15.0. The minimum Gasteiger partial charge on any atom is -0.496 e. The Kier molecular flexibility index (Phi) is 5.66. The molecule has 0 spiro atoms. The molecule has 0 aromatic heterocycles. The monoisotopic (exact) mass is 377 g/mol. The van der Waals surface area contributed by atoms with Gasteiger partial charge in [0.2, 0.25) is 0 Å². The number of ether oxygens (including phenoxy) is 2. The molecule has 0 unspecified atom stereocenters. The molecule has 2 rings (SSSR count). The average molecular weight is 378 g/mol. The first-order valence-corrected chi connectivity index (χ1v) is 8.04. The van der Waals surface area contributed by atoms with E-state index in [1.807, 2.05) is 62.4 Å². The summed E-state index contributed by atoms with van der Waals surface area (Å²) in [5.74, 6) is 0.718. The van der Waals surface area contributed by atoms with Crippen LogP contribution in [0.1, 0.15) is 25.0 Å². The van der Waals surface area contributed by atoms with Gasteiger partial charge in [0.15, 0.2) is 0 Å². The van der Waals surface area contributed by atoms with Gasteiger partial charge in [0.1, 0.15) is 12.4 Å². The molecule has 0 heterocycles. The van der Waals surface area contributed by atoms with Gasteiger partial charge < -0.3 is 14.8 Å². The number of rotatable bonds is 5. The zero-order chi connectivity index (χ0) is 16.9. The summed E-state index contributed by atoms with van der Waals surface area (Å²) >= 11 is 3.42. The topological polar surface area (TPSA) is 47.6 Å². The molecule has 0 fully saturated rings. The minimum atomic E-state index is -0.582. The lowest BCUT2D eigenvalue weighted by Crippen LogP contribution is -2.41. The molecule has 23 heavy (non-hydrogen) atoms. The van der Waals surface area contributed by atoms with Crippen LogP contribution in [0.3, 0.4) is 0 Å². The van der Waals surface area contributed by atoms with E-state index in [1.54, 1.807) is 7.11 Å². The van der Waals surface area contributed by atoms with E-state index in [-0.39, 0.29) is 6.61 Å². The normalized spacial score (nSPS) is 11.0. The highest BCUT2D eigenvalue weighted by Crippen LogP contribution is 2.30. The highest BCUT2D eigenvalue weighted by Gasteiger charge is 2.24. The number of hydrogen-bond donors (Lipinski definition) is 1. The van der Waals surface area contributed by atoms with E-state index in [0.29, 0.717) is 0 Å². The molecule has 2 aromatic rings. The number of nitrogens with one attached hydrogen (secondary N) is 1. The molecule has 4 nitrogen and oxygen atoms in total. The van der Waals surface area contributed by atoms with Gasteiger partial charge in [-0.2, -0.15) is 0 Å². The van der Waals surface area contributed by atoms with Crippen molar-refractivity contribution in [1.82, 2.24) is 5.32 Å². The van der Waals surface area contributed by atoms with Crippen LogP contribution in [-0.4, -0.2) is 13.2 Å². The molecule has 0 aliphatic rings. The van der Waals surface area contributed by atoms with Crippen molar-refractivity contribution in [3.8, 4) is 5.75 Å². The second-order valence-corrected chi connectivity index (χ2v) is 6.52. The van der Waals surface area contributed by atoms with Crippen molar-refractivity contribution in [2.24, 2.45) is 0 Å². The van der Waals surface area contributed by atoms with Gasteiger partial charge in [0.25, 0.3) is 0 Å². The average Bonchev–Trinajstić information content (AvgIpc) is 2.54. The van der Waals surface area contributed by atoms with Gasteiger partial charge in [-0.05, 0) is 53.0 Å². The SMILES string of the molecule is COc1cc(C(C)(C)NC(=O)OCc2ccccc2)ccc1Br. The number of benzene rings is 2. The van der Waals surface area contributed by atoms with Crippen molar-refractivity contribution >= 4 is 22.0 Å². The van der Waals surface area contributed by atoms with E-state index in [9.17, 15) is 4.79 Å². The fourth-order valence-electron chi connectivity index (χ4n) is 2.14. The first kappa shape index (κ1) is 17.3. The van der Waals surface area contributed by atoms with E-state index in [1.165, 1.54) is 0 Å². The molecule has 0 saturated carbocycles. The van der Waals surface area contributed by atoms with Crippen LogP contribution in [0.25, 0.3) is 0 Å². The van der Waals surface area contributed by atoms with Crippen LogP contribution in [-0.2, 0) is 16.9 Å². The van der Waals surface area contributed by atoms with Gasteiger partial charge in [0.05, 0.1) is 17.1 Å². The number of carbonyl (C=O) groups is 1. The van der Waals surface area contributed by atoms with Crippen molar-refractivity contribution < 1.29 is 14.3 Å². The number of carbonyl (C=O) groups excluding carboxylic acids is 1. The quantitative estimate of drug-likeness (QED) is 0.826. The maximum Gasteiger partial charge on any atom is 0.408 e. The first-order chi connectivity index (χ1) is 10.9. The molecule has 122 valence electrons. The van der Waals surface area contributed by atoms with Crippen LogP contribution in [0.15, 0.2) is 53.0 Å². The number of halogens is 1.